The molecule has 0 saturated heterocycles. The fourth-order valence-electron chi connectivity index (χ4n) is 0.778. The lowest BCUT2D eigenvalue weighted by Gasteiger charge is -1.98. The van der Waals surface area contributed by atoms with E-state index in [1.807, 2.05) is 0 Å². The van der Waals surface area contributed by atoms with Crippen LogP contribution in [0, 0.1) is 12.3 Å². The molecule has 1 aromatic carbocycles. The van der Waals surface area contributed by atoms with Crippen LogP contribution in [0.4, 0.5) is 0 Å². The number of terminal acetylenes is 1. The summed E-state index contributed by atoms with van der Waals surface area (Å²) in [6.45, 7) is 0. The lowest BCUT2D eigenvalue weighted by atomic mass is 10.1. The molecule has 0 amide bonds. The van der Waals surface area contributed by atoms with E-state index in [9.17, 15) is 0 Å². The molecular formula is C9H7ClO. The first kappa shape index (κ1) is 7.97. The van der Waals surface area contributed by atoms with Gasteiger partial charge in [-0.25, -0.2) is 0 Å². The van der Waals surface area contributed by atoms with E-state index in [2.05, 4.69) is 5.92 Å². The van der Waals surface area contributed by atoms with Gasteiger partial charge in [0.05, 0.1) is 5.02 Å². The molecule has 1 nitrogen and oxygen atoms in total. The molecule has 1 aromatic rings. The van der Waals surface area contributed by atoms with Crippen LogP contribution in [0.3, 0.4) is 0 Å². The van der Waals surface area contributed by atoms with Crippen LogP contribution in [0.15, 0.2) is 18.2 Å². The van der Waals surface area contributed by atoms with E-state index >= 15 is 0 Å². The van der Waals surface area contributed by atoms with Gasteiger partial charge in [0, 0.05) is 6.42 Å². The number of hydrogen-bond donors (Lipinski definition) is 1. The molecule has 0 bridgehead atoms. The molecule has 56 valence electrons. The fraction of sp³-hybridized carbons (Fsp3) is 0.111. The molecule has 0 aliphatic rings. The van der Waals surface area contributed by atoms with Crippen LogP contribution in [-0.2, 0) is 6.42 Å². The third-order valence-electron chi connectivity index (χ3n) is 1.32. The highest BCUT2D eigenvalue weighted by molar-refractivity contribution is 6.32. The Labute approximate surface area is 70.6 Å². The molecular weight excluding hydrogens is 160 g/mol. The average Bonchev–Trinajstić information content (AvgIpc) is 1.98. The van der Waals surface area contributed by atoms with Crippen LogP contribution in [0.25, 0.3) is 0 Å². The van der Waals surface area contributed by atoms with E-state index in [1.54, 1.807) is 12.1 Å². The Kier molecular flexibility index (Phi) is 2.40. The monoisotopic (exact) mass is 166 g/mol. The minimum Gasteiger partial charge on any atom is -0.506 e. The second-order valence-electron chi connectivity index (χ2n) is 2.17. The van der Waals surface area contributed by atoms with E-state index in [0.29, 0.717) is 11.4 Å². The molecule has 0 saturated carbocycles. The van der Waals surface area contributed by atoms with Crippen molar-refractivity contribution in [3.8, 4) is 18.1 Å². The summed E-state index contributed by atoms with van der Waals surface area (Å²) in [4.78, 5) is 0. The molecule has 0 unspecified atom stereocenters. The number of halogens is 1. The quantitative estimate of drug-likeness (QED) is 0.635. The van der Waals surface area contributed by atoms with Gasteiger partial charge < -0.3 is 5.11 Å². The molecule has 2 heteroatoms. The predicted octanol–water partition coefficient (Wildman–Crippen LogP) is 2.22. The first-order valence-corrected chi connectivity index (χ1v) is 3.52. The van der Waals surface area contributed by atoms with E-state index in [0.717, 1.165) is 5.56 Å². The second kappa shape index (κ2) is 3.32. The van der Waals surface area contributed by atoms with Crippen LogP contribution in [0.1, 0.15) is 5.56 Å². The maximum absolute atomic E-state index is 9.03. The lowest BCUT2D eigenvalue weighted by molar-refractivity contribution is 0.475. The van der Waals surface area contributed by atoms with Gasteiger partial charge in [0.25, 0.3) is 0 Å². The number of phenolic OH excluding ortho intramolecular Hbond substituents is 1. The predicted molar refractivity (Wildman–Crippen MR) is 45.7 cm³/mol. The molecule has 0 fully saturated rings. The topological polar surface area (TPSA) is 20.2 Å². The summed E-state index contributed by atoms with van der Waals surface area (Å²) in [6, 6.07) is 4.95. The van der Waals surface area contributed by atoms with Gasteiger partial charge in [0.15, 0.2) is 0 Å². The zero-order chi connectivity index (χ0) is 8.27. The summed E-state index contributed by atoms with van der Waals surface area (Å²) in [6.07, 6.45) is 5.63. The van der Waals surface area contributed by atoms with Crippen molar-refractivity contribution >= 4 is 11.6 Å². The van der Waals surface area contributed by atoms with Gasteiger partial charge in [-0.1, -0.05) is 17.7 Å². The summed E-state index contributed by atoms with van der Waals surface area (Å²) in [5.41, 5.74) is 0.940. The molecule has 0 aromatic heterocycles. The van der Waals surface area contributed by atoms with Gasteiger partial charge in [0.1, 0.15) is 5.75 Å². The van der Waals surface area contributed by atoms with Crippen LogP contribution in [-0.4, -0.2) is 5.11 Å². The summed E-state index contributed by atoms with van der Waals surface area (Å²) in [5.74, 6) is 2.58. The van der Waals surface area contributed by atoms with Gasteiger partial charge in [-0.15, -0.1) is 12.3 Å². The number of aromatic hydroxyl groups is 1. The molecule has 0 radical (unpaired) electrons. The highest BCUT2D eigenvalue weighted by Gasteiger charge is 1.97. The van der Waals surface area contributed by atoms with Crippen molar-refractivity contribution in [1.29, 1.82) is 0 Å². The van der Waals surface area contributed by atoms with Crippen molar-refractivity contribution in [2.75, 3.05) is 0 Å². The van der Waals surface area contributed by atoms with Gasteiger partial charge >= 0.3 is 0 Å². The summed E-state index contributed by atoms with van der Waals surface area (Å²) < 4.78 is 0. The maximum Gasteiger partial charge on any atom is 0.134 e. The van der Waals surface area contributed by atoms with Crippen LogP contribution < -0.4 is 0 Å². The summed E-state index contributed by atoms with van der Waals surface area (Å²) in [7, 11) is 0. The molecule has 0 spiro atoms. The highest BCUT2D eigenvalue weighted by Crippen LogP contribution is 2.23. The van der Waals surface area contributed by atoms with Crippen molar-refractivity contribution in [2.24, 2.45) is 0 Å². The molecule has 1 N–H and O–H groups in total. The first-order chi connectivity index (χ1) is 5.24. The number of rotatable bonds is 1. The zero-order valence-electron chi connectivity index (χ0n) is 5.84. The lowest BCUT2D eigenvalue weighted by Crippen LogP contribution is -1.80. The summed E-state index contributed by atoms with van der Waals surface area (Å²) in [5, 5.41) is 9.37. The van der Waals surface area contributed by atoms with Gasteiger partial charge in [-0.05, 0) is 17.7 Å². The number of hydrogen-bond acceptors (Lipinski definition) is 1. The zero-order valence-corrected chi connectivity index (χ0v) is 6.60. The van der Waals surface area contributed by atoms with Crippen molar-refractivity contribution < 1.29 is 5.11 Å². The Morgan fingerprint density at radius 3 is 2.82 bits per heavy atom. The third kappa shape index (κ3) is 1.89. The normalized spacial score (nSPS) is 9.09. The Morgan fingerprint density at radius 1 is 1.55 bits per heavy atom. The molecule has 1 rings (SSSR count). The summed E-state index contributed by atoms with van der Waals surface area (Å²) >= 11 is 5.63. The second-order valence-corrected chi connectivity index (χ2v) is 2.57. The maximum atomic E-state index is 9.03. The van der Waals surface area contributed by atoms with Crippen molar-refractivity contribution in [3.05, 3.63) is 28.8 Å². The first-order valence-electron chi connectivity index (χ1n) is 3.15. The Hall–Kier alpha value is -1.13. The number of benzene rings is 1. The molecule has 0 aliphatic carbocycles. The van der Waals surface area contributed by atoms with Crippen molar-refractivity contribution in [3.63, 3.8) is 0 Å². The molecule has 0 heterocycles. The molecule has 0 atom stereocenters. The minimum atomic E-state index is 0.0902. The van der Waals surface area contributed by atoms with E-state index in [4.69, 9.17) is 23.1 Å². The van der Waals surface area contributed by atoms with Gasteiger partial charge in [-0.3, -0.25) is 0 Å². The number of phenols is 1. The average molecular weight is 167 g/mol. The minimum absolute atomic E-state index is 0.0902. The van der Waals surface area contributed by atoms with E-state index in [-0.39, 0.29) is 5.75 Å². The van der Waals surface area contributed by atoms with Crippen LogP contribution in [0.5, 0.6) is 5.75 Å². The SMILES string of the molecule is C#CCc1ccc(O)c(Cl)c1. The van der Waals surface area contributed by atoms with Gasteiger partial charge in [0.2, 0.25) is 0 Å². The van der Waals surface area contributed by atoms with Crippen molar-refractivity contribution in [1.82, 2.24) is 0 Å². The van der Waals surface area contributed by atoms with E-state index < -0.39 is 0 Å². The largest absolute Gasteiger partial charge is 0.506 e. The van der Waals surface area contributed by atoms with Crippen molar-refractivity contribution in [2.45, 2.75) is 6.42 Å². The Morgan fingerprint density at radius 2 is 2.27 bits per heavy atom. The Bertz CT molecular complexity index is 299. The van der Waals surface area contributed by atoms with E-state index in [1.165, 1.54) is 6.07 Å². The Balaban J connectivity index is 2.98. The third-order valence-corrected chi connectivity index (χ3v) is 1.62. The molecule has 0 aliphatic heterocycles. The van der Waals surface area contributed by atoms with Gasteiger partial charge in [-0.2, -0.15) is 0 Å². The van der Waals surface area contributed by atoms with Crippen LogP contribution in [0.2, 0.25) is 5.02 Å². The van der Waals surface area contributed by atoms with Crippen LogP contribution >= 0.6 is 11.6 Å². The standard InChI is InChI=1S/C9H7ClO/c1-2-3-7-4-5-9(11)8(10)6-7/h1,4-6,11H,3H2. The smallest absolute Gasteiger partial charge is 0.134 e. The molecule has 11 heavy (non-hydrogen) atoms. The highest BCUT2D eigenvalue weighted by atomic mass is 35.5. The fourth-order valence-corrected chi connectivity index (χ4v) is 0.981.